The van der Waals surface area contributed by atoms with Crippen molar-refractivity contribution < 1.29 is 4.92 Å². The highest BCUT2D eigenvalue weighted by Crippen LogP contribution is 2.40. The summed E-state index contributed by atoms with van der Waals surface area (Å²) in [6.45, 7) is 0. The molecule has 1 aromatic carbocycles. The van der Waals surface area contributed by atoms with E-state index in [2.05, 4.69) is 6.07 Å². The van der Waals surface area contributed by atoms with Gasteiger partial charge in [0.15, 0.2) is 0 Å². The van der Waals surface area contributed by atoms with Crippen LogP contribution in [0.15, 0.2) is 18.2 Å². The Bertz CT molecular complexity index is 318. The SMILES string of the molecule is O=[N+]([O-])c1c[c]cc(C2CC2)c1. The minimum Gasteiger partial charge on any atom is -0.258 e. The topological polar surface area (TPSA) is 43.1 Å². The number of hydrogen-bond donors (Lipinski definition) is 0. The molecule has 1 fully saturated rings. The van der Waals surface area contributed by atoms with E-state index in [-0.39, 0.29) is 10.6 Å². The summed E-state index contributed by atoms with van der Waals surface area (Å²) in [5, 5.41) is 10.4. The third kappa shape index (κ3) is 1.30. The summed E-state index contributed by atoms with van der Waals surface area (Å²) in [4.78, 5) is 10.0. The lowest BCUT2D eigenvalue weighted by Gasteiger charge is -1.95. The highest BCUT2D eigenvalue weighted by Gasteiger charge is 2.24. The second-order valence-corrected chi connectivity index (χ2v) is 3.06. The molecule has 1 saturated carbocycles. The molecule has 1 radical (unpaired) electrons. The van der Waals surface area contributed by atoms with Gasteiger partial charge >= 0.3 is 0 Å². The third-order valence-corrected chi connectivity index (χ3v) is 2.06. The van der Waals surface area contributed by atoms with E-state index in [1.165, 1.54) is 6.07 Å². The Morgan fingerprint density at radius 1 is 1.50 bits per heavy atom. The summed E-state index contributed by atoms with van der Waals surface area (Å²) < 4.78 is 0. The molecule has 0 amide bonds. The molecule has 3 nitrogen and oxygen atoms in total. The summed E-state index contributed by atoms with van der Waals surface area (Å²) in [7, 11) is 0. The van der Waals surface area contributed by atoms with Crippen molar-refractivity contribution >= 4 is 5.69 Å². The summed E-state index contributed by atoms with van der Waals surface area (Å²) in [6.07, 6.45) is 2.32. The molecule has 61 valence electrons. The molecule has 0 spiro atoms. The average molecular weight is 162 g/mol. The summed E-state index contributed by atoms with van der Waals surface area (Å²) in [6, 6.07) is 7.68. The zero-order chi connectivity index (χ0) is 8.55. The molecule has 2 rings (SSSR count). The maximum absolute atomic E-state index is 10.4. The molecule has 12 heavy (non-hydrogen) atoms. The summed E-state index contributed by atoms with van der Waals surface area (Å²) in [5.41, 5.74) is 1.21. The van der Waals surface area contributed by atoms with Gasteiger partial charge in [-0.2, -0.15) is 0 Å². The Morgan fingerprint density at radius 2 is 2.25 bits per heavy atom. The highest BCUT2D eigenvalue weighted by atomic mass is 16.6. The zero-order valence-electron chi connectivity index (χ0n) is 6.49. The smallest absolute Gasteiger partial charge is 0.258 e. The monoisotopic (exact) mass is 162 g/mol. The predicted octanol–water partition coefficient (Wildman–Crippen LogP) is 2.27. The maximum Gasteiger partial charge on any atom is 0.270 e. The molecule has 1 aliphatic carbocycles. The van der Waals surface area contributed by atoms with E-state index in [4.69, 9.17) is 0 Å². The Hall–Kier alpha value is -1.38. The fourth-order valence-corrected chi connectivity index (χ4v) is 1.24. The number of hydrogen-bond acceptors (Lipinski definition) is 2. The molecule has 0 saturated heterocycles. The van der Waals surface area contributed by atoms with Crippen molar-refractivity contribution in [1.29, 1.82) is 0 Å². The minimum atomic E-state index is -0.373. The second kappa shape index (κ2) is 2.59. The van der Waals surface area contributed by atoms with Crippen LogP contribution in [0, 0.1) is 16.2 Å². The molecular weight excluding hydrogens is 154 g/mol. The van der Waals surface area contributed by atoms with Crippen molar-refractivity contribution in [2.45, 2.75) is 18.8 Å². The number of benzene rings is 1. The van der Waals surface area contributed by atoms with Crippen molar-refractivity contribution in [3.63, 3.8) is 0 Å². The fraction of sp³-hybridized carbons (Fsp3) is 0.333. The van der Waals surface area contributed by atoms with Crippen LogP contribution in [0.4, 0.5) is 5.69 Å². The molecule has 0 aliphatic heterocycles. The molecule has 0 atom stereocenters. The van der Waals surface area contributed by atoms with Crippen molar-refractivity contribution in [2.24, 2.45) is 0 Å². The van der Waals surface area contributed by atoms with Gasteiger partial charge in [0.05, 0.1) is 4.92 Å². The van der Waals surface area contributed by atoms with Gasteiger partial charge in [0.1, 0.15) is 0 Å². The van der Waals surface area contributed by atoms with Gasteiger partial charge < -0.3 is 0 Å². The van der Waals surface area contributed by atoms with Crippen LogP contribution < -0.4 is 0 Å². The fourth-order valence-electron chi connectivity index (χ4n) is 1.24. The summed E-state index contributed by atoms with van der Waals surface area (Å²) in [5.74, 6) is 0.557. The number of non-ortho nitro benzene ring substituents is 1. The number of nitrogens with zero attached hydrogens (tertiary/aromatic N) is 1. The van der Waals surface area contributed by atoms with Crippen LogP contribution in [-0.2, 0) is 0 Å². The van der Waals surface area contributed by atoms with Crippen LogP contribution in [0.25, 0.3) is 0 Å². The maximum atomic E-state index is 10.4. The van der Waals surface area contributed by atoms with Crippen LogP contribution in [0.1, 0.15) is 24.3 Å². The van der Waals surface area contributed by atoms with Crippen LogP contribution >= 0.6 is 0 Å². The quantitative estimate of drug-likeness (QED) is 0.494. The van der Waals surface area contributed by atoms with Gasteiger partial charge in [-0.05, 0) is 30.4 Å². The normalized spacial score (nSPS) is 16.0. The first-order valence-electron chi connectivity index (χ1n) is 3.93. The standard InChI is InChI=1S/C9H8NO2/c11-10(12)9-3-1-2-8(6-9)7-4-5-7/h2-3,6-7H,4-5H2. The Kier molecular flexibility index (Phi) is 1.57. The van der Waals surface area contributed by atoms with Crippen LogP contribution in [0.3, 0.4) is 0 Å². The largest absolute Gasteiger partial charge is 0.270 e. The average Bonchev–Trinajstić information content (AvgIpc) is 2.87. The van der Waals surface area contributed by atoms with Gasteiger partial charge in [-0.1, -0.05) is 6.07 Å². The zero-order valence-corrected chi connectivity index (χ0v) is 6.49. The lowest BCUT2D eigenvalue weighted by molar-refractivity contribution is -0.384. The first-order chi connectivity index (χ1) is 5.77. The minimum absolute atomic E-state index is 0.152. The van der Waals surface area contributed by atoms with E-state index in [1.807, 2.05) is 6.07 Å². The van der Waals surface area contributed by atoms with Crippen molar-refractivity contribution in [2.75, 3.05) is 0 Å². The first-order valence-corrected chi connectivity index (χ1v) is 3.93. The predicted molar refractivity (Wildman–Crippen MR) is 43.9 cm³/mol. The molecule has 0 aromatic heterocycles. The van der Waals surface area contributed by atoms with Gasteiger partial charge in [0.2, 0.25) is 0 Å². The van der Waals surface area contributed by atoms with Crippen molar-refractivity contribution in [3.05, 3.63) is 39.9 Å². The van der Waals surface area contributed by atoms with Crippen molar-refractivity contribution in [3.8, 4) is 0 Å². The number of rotatable bonds is 2. The molecular formula is C9H8NO2. The first kappa shape index (κ1) is 7.28. The van der Waals surface area contributed by atoms with Crippen LogP contribution in [-0.4, -0.2) is 4.92 Å². The van der Waals surface area contributed by atoms with Gasteiger partial charge in [0.25, 0.3) is 5.69 Å². The van der Waals surface area contributed by atoms with E-state index in [0.29, 0.717) is 5.92 Å². The molecule has 0 N–H and O–H groups in total. The van der Waals surface area contributed by atoms with E-state index in [1.54, 1.807) is 6.07 Å². The molecule has 1 aliphatic rings. The molecule has 0 heterocycles. The number of nitro benzene ring substituents is 1. The van der Waals surface area contributed by atoms with E-state index in [9.17, 15) is 10.1 Å². The van der Waals surface area contributed by atoms with E-state index < -0.39 is 0 Å². The second-order valence-electron chi connectivity index (χ2n) is 3.06. The van der Waals surface area contributed by atoms with Gasteiger partial charge in [0, 0.05) is 12.1 Å². The van der Waals surface area contributed by atoms with Crippen molar-refractivity contribution in [1.82, 2.24) is 0 Å². The molecule has 0 bridgehead atoms. The number of nitro groups is 1. The Balaban J connectivity index is 2.32. The molecule has 0 unspecified atom stereocenters. The summed E-state index contributed by atoms with van der Waals surface area (Å²) >= 11 is 0. The van der Waals surface area contributed by atoms with Crippen LogP contribution in [0.2, 0.25) is 0 Å². The van der Waals surface area contributed by atoms with Gasteiger partial charge in [-0.25, -0.2) is 0 Å². The van der Waals surface area contributed by atoms with Gasteiger partial charge in [-0.3, -0.25) is 10.1 Å². The lowest BCUT2D eigenvalue weighted by Crippen LogP contribution is -1.88. The van der Waals surface area contributed by atoms with E-state index >= 15 is 0 Å². The van der Waals surface area contributed by atoms with Crippen LogP contribution in [0.5, 0.6) is 0 Å². The van der Waals surface area contributed by atoms with Gasteiger partial charge in [-0.15, -0.1) is 0 Å². The van der Waals surface area contributed by atoms with E-state index in [0.717, 1.165) is 18.4 Å². The molecule has 1 aromatic rings. The Morgan fingerprint density at radius 3 is 2.83 bits per heavy atom. The Labute approximate surface area is 70.2 Å². The molecule has 3 heteroatoms. The lowest BCUT2D eigenvalue weighted by atomic mass is 10.1. The highest BCUT2D eigenvalue weighted by molar-refractivity contribution is 5.36. The third-order valence-electron chi connectivity index (χ3n) is 2.06.